The summed E-state index contributed by atoms with van der Waals surface area (Å²) in [7, 11) is 0. The minimum atomic E-state index is -0.586. The van der Waals surface area contributed by atoms with Crippen LogP contribution in [-0.4, -0.2) is 47.8 Å². The molecule has 0 radical (unpaired) electrons. The smallest absolute Gasteiger partial charge is 0.292 e. The fourth-order valence-corrected chi connectivity index (χ4v) is 2.85. The van der Waals surface area contributed by atoms with Crippen LogP contribution >= 0.6 is 0 Å². The van der Waals surface area contributed by atoms with E-state index in [1.807, 2.05) is 0 Å². The van der Waals surface area contributed by atoms with Gasteiger partial charge >= 0.3 is 0 Å². The minimum absolute atomic E-state index is 0.0481. The van der Waals surface area contributed by atoms with Gasteiger partial charge in [-0.2, -0.15) is 0 Å². The van der Waals surface area contributed by atoms with Crippen molar-refractivity contribution in [3.8, 4) is 0 Å². The summed E-state index contributed by atoms with van der Waals surface area (Å²) >= 11 is 0. The van der Waals surface area contributed by atoms with Crippen molar-refractivity contribution in [1.29, 1.82) is 0 Å². The lowest BCUT2D eigenvalue weighted by Crippen LogP contribution is -2.47. The molecular weight excluding hydrogens is 290 g/mol. The SMILES string of the molecule is Nc1ccc(C(=O)N2CCC3(CC2)OCCO3)cc1[N+](=O)[O-]. The number of nitro benzene ring substituents is 1. The highest BCUT2D eigenvalue weighted by molar-refractivity contribution is 5.95. The van der Waals surface area contributed by atoms with Gasteiger partial charge in [-0.05, 0) is 12.1 Å². The topological polar surface area (TPSA) is 108 Å². The summed E-state index contributed by atoms with van der Waals surface area (Å²) in [5, 5.41) is 10.9. The van der Waals surface area contributed by atoms with Crippen LogP contribution in [0.2, 0.25) is 0 Å². The van der Waals surface area contributed by atoms with Crippen LogP contribution in [0.5, 0.6) is 0 Å². The third-order valence-electron chi connectivity index (χ3n) is 4.10. The van der Waals surface area contributed by atoms with Gasteiger partial charge in [0.15, 0.2) is 5.79 Å². The maximum Gasteiger partial charge on any atom is 0.292 e. The number of anilines is 1. The van der Waals surface area contributed by atoms with E-state index < -0.39 is 10.7 Å². The fraction of sp³-hybridized carbons (Fsp3) is 0.500. The average molecular weight is 307 g/mol. The van der Waals surface area contributed by atoms with E-state index in [0.29, 0.717) is 39.1 Å². The van der Waals surface area contributed by atoms with E-state index >= 15 is 0 Å². The number of hydrogen-bond acceptors (Lipinski definition) is 6. The summed E-state index contributed by atoms with van der Waals surface area (Å²) < 4.78 is 11.2. The van der Waals surface area contributed by atoms with Crippen molar-refractivity contribution in [3.05, 3.63) is 33.9 Å². The zero-order valence-corrected chi connectivity index (χ0v) is 12.0. The molecule has 0 unspecified atom stereocenters. The highest BCUT2D eigenvalue weighted by Gasteiger charge is 2.40. The Morgan fingerprint density at radius 3 is 2.50 bits per heavy atom. The number of likely N-dealkylation sites (tertiary alicyclic amines) is 1. The Kier molecular flexibility index (Phi) is 3.71. The first-order valence-corrected chi connectivity index (χ1v) is 7.12. The van der Waals surface area contributed by atoms with Crippen molar-refractivity contribution in [1.82, 2.24) is 4.90 Å². The molecule has 1 aromatic carbocycles. The maximum absolute atomic E-state index is 12.5. The zero-order valence-electron chi connectivity index (χ0n) is 12.0. The predicted molar refractivity (Wildman–Crippen MR) is 77.3 cm³/mol. The van der Waals surface area contributed by atoms with Gasteiger partial charge in [0.25, 0.3) is 11.6 Å². The van der Waals surface area contributed by atoms with E-state index in [9.17, 15) is 14.9 Å². The predicted octanol–water partition coefficient (Wildman–Crippen LogP) is 1.16. The second kappa shape index (κ2) is 5.54. The van der Waals surface area contributed by atoms with E-state index in [4.69, 9.17) is 15.2 Å². The summed E-state index contributed by atoms with van der Waals surface area (Å²) in [5.41, 5.74) is 5.62. The van der Waals surface area contributed by atoms with Crippen LogP contribution in [0.1, 0.15) is 23.2 Å². The molecule has 2 fully saturated rings. The molecule has 118 valence electrons. The normalized spacial score (nSPS) is 20.3. The minimum Gasteiger partial charge on any atom is -0.393 e. The van der Waals surface area contributed by atoms with Gasteiger partial charge in [0, 0.05) is 37.6 Å². The summed E-state index contributed by atoms with van der Waals surface area (Å²) in [6, 6.07) is 4.13. The standard InChI is InChI=1S/C14H17N3O5/c15-11-2-1-10(9-12(11)17(19)20)13(18)16-5-3-14(4-6-16)21-7-8-22-14/h1-2,9H,3-8,15H2. The molecule has 1 amide bonds. The summed E-state index contributed by atoms with van der Waals surface area (Å²) in [5.74, 6) is -0.792. The van der Waals surface area contributed by atoms with Crippen LogP contribution in [0.15, 0.2) is 18.2 Å². The quantitative estimate of drug-likeness (QED) is 0.499. The second-order valence-electron chi connectivity index (χ2n) is 5.43. The molecule has 2 aliphatic rings. The molecule has 22 heavy (non-hydrogen) atoms. The highest BCUT2D eigenvalue weighted by Crippen LogP contribution is 2.32. The molecular formula is C14H17N3O5. The molecule has 0 aromatic heterocycles. The number of nitrogens with zero attached hydrogens (tertiary/aromatic N) is 2. The first-order valence-electron chi connectivity index (χ1n) is 7.12. The number of amides is 1. The Morgan fingerprint density at radius 1 is 1.27 bits per heavy atom. The van der Waals surface area contributed by atoms with Gasteiger partial charge in [-0.15, -0.1) is 0 Å². The van der Waals surface area contributed by atoms with Gasteiger partial charge in [-0.3, -0.25) is 14.9 Å². The van der Waals surface area contributed by atoms with Crippen molar-refractivity contribution in [2.45, 2.75) is 18.6 Å². The number of ether oxygens (including phenoxy) is 2. The van der Waals surface area contributed by atoms with E-state index in [-0.39, 0.29) is 22.8 Å². The van der Waals surface area contributed by atoms with E-state index in [1.165, 1.54) is 18.2 Å². The highest BCUT2D eigenvalue weighted by atomic mass is 16.7. The molecule has 2 saturated heterocycles. The van der Waals surface area contributed by atoms with E-state index in [2.05, 4.69) is 0 Å². The van der Waals surface area contributed by atoms with Gasteiger partial charge in [0.05, 0.1) is 18.1 Å². The Labute approximate surface area is 126 Å². The molecule has 0 atom stereocenters. The lowest BCUT2D eigenvalue weighted by atomic mass is 10.0. The van der Waals surface area contributed by atoms with Crippen LogP contribution in [0, 0.1) is 10.1 Å². The van der Waals surface area contributed by atoms with E-state index in [0.717, 1.165) is 0 Å². The number of nitrogens with two attached hydrogens (primary N) is 1. The first-order chi connectivity index (χ1) is 10.5. The van der Waals surface area contributed by atoms with Crippen molar-refractivity contribution in [2.24, 2.45) is 0 Å². The molecule has 1 aromatic rings. The van der Waals surface area contributed by atoms with Crippen molar-refractivity contribution >= 4 is 17.3 Å². The number of hydrogen-bond donors (Lipinski definition) is 1. The molecule has 1 spiro atoms. The molecule has 0 bridgehead atoms. The van der Waals surface area contributed by atoms with Crippen molar-refractivity contribution < 1.29 is 19.2 Å². The Hall–Kier alpha value is -2.19. The summed E-state index contributed by atoms with van der Waals surface area (Å²) in [6.07, 6.45) is 1.21. The lowest BCUT2D eigenvalue weighted by molar-refractivity contribution is -0.383. The monoisotopic (exact) mass is 307 g/mol. The van der Waals surface area contributed by atoms with Crippen LogP contribution in [-0.2, 0) is 9.47 Å². The first kappa shape index (κ1) is 14.7. The molecule has 0 saturated carbocycles. The second-order valence-corrected chi connectivity index (χ2v) is 5.43. The molecule has 2 aliphatic heterocycles. The summed E-state index contributed by atoms with van der Waals surface area (Å²) in [6.45, 7) is 2.16. The van der Waals surface area contributed by atoms with Crippen molar-refractivity contribution in [2.75, 3.05) is 32.0 Å². The number of nitrogen functional groups attached to an aromatic ring is 1. The number of rotatable bonds is 2. The number of carbonyl (C=O) groups is 1. The van der Waals surface area contributed by atoms with Gasteiger partial charge in [-0.25, -0.2) is 0 Å². The molecule has 0 aliphatic carbocycles. The Morgan fingerprint density at radius 2 is 1.91 bits per heavy atom. The number of carbonyl (C=O) groups excluding carboxylic acids is 1. The van der Waals surface area contributed by atoms with Crippen LogP contribution < -0.4 is 5.73 Å². The van der Waals surface area contributed by atoms with Crippen LogP contribution in [0.3, 0.4) is 0 Å². The Bertz CT molecular complexity index is 602. The molecule has 3 rings (SSSR count). The number of nitro groups is 1. The average Bonchev–Trinajstić information content (AvgIpc) is 2.96. The zero-order chi connectivity index (χ0) is 15.7. The molecule has 8 nitrogen and oxygen atoms in total. The van der Waals surface area contributed by atoms with Crippen molar-refractivity contribution in [3.63, 3.8) is 0 Å². The molecule has 2 heterocycles. The van der Waals surface area contributed by atoms with Gasteiger partial charge in [-0.1, -0.05) is 0 Å². The third-order valence-corrected chi connectivity index (χ3v) is 4.10. The molecule has 2 N–H and O–H groups in total. The van der Waals surface area contributed by atoms with Gasteiger partial charge < -0.3 is 20.1 Å². The molecule has 8 heteroatoms. The number of piperidine rings is 1. The maximum atomic E-state index is 12.5. The number of benzene rings is 1. The third kappa shape index (κ3) is 2.62. The van der Waals surface area contributed by atoms with Crippen LogP contribution in [0.4, 0.5) is 11.4 Å². The lowest BCUT2D eigenvalue weighted by Gasteiger charge is -2.37. The summed E-state index contributed by atoms with van der Waals surface area (Å²) in [4.78, 5) is 24.5. The Balaban J connectivity index is 1.72. The largest absolute Gasteiger partial charge is 0.393 e. The fourth-order valence-electron chi connectivity index (χ4n) is 2.85. The van der Waals surface area contributed by atoms with E-state index in [1.54, 1.807) is 4.90 Å². The van der Waals surface area contributed by atoms with Gasteiger partial charge in [0.2, 0.25) is 0 Å². The van der Waals surface area contributed by atoms with Crippen LogP contribution in [0.25, 0.3) is 0 Å². The van der Waals surface area contributed by atoms with Gasteiger partial charge in [0.1, 0.15) is 5.69 Å².